The van der Waals surface area contributed by atoms with Crippen LogP contribution < -0.4 is 4.90 Å². The van der Waals surface area contributed by atoms with Crippen molar-refractivity contribution < 1.29 is 4.79 Å². The first-order valence-corrected chi connectivity index (χ1v) is 12.3. The summed E-state index contributed by atoms with van der Waals surface area (Å²) in [5, 5.41) is 12.7. The molecular formula is C23H22ClN5OS2. The molecule has 9 heteroatoms. The highest BCUT2D eigenvalue weighted by Gasteiger charge is 2.20. The van der Waals surface area contributed by atoms with Crippen LogP contribution in [0, 0.1) is 0 Å². The minimum Gasteiger partial charge on any atom is -0.305 e. The van der Waals surface area contributed by atoms with Crippen molar-refractivity contribution in [1.29, 1.82) is 0 Å². The number of thioether (sulfide) groups is 1. The smallest absolute Gasteiger partial charge is 0.230 e. The molecule has 0 aliphatic heterocycles. The van der Waals surface area contributed by atoms with Crippen LogP contribution in [0.5, 0.6) is 0 Å². The number of para-hydroxylation sites is 1. The number of benzene rings is 2. The maximum Gasteiger partial charge on any atom is 0.230 e. The number of hydrogen-bond donors (Lipinski definition) is 0. The van der Waals surface area contributed by atoms with Crippen molar-refractivity contribution in [3.05, 3.63) is 70.2 Å². The highest BCUT2D eigenvalue weighted by Crippen LogP contribution is 2.34. The van der Waals surface area contributed by atoms with Crippen molar-refractivity contribution in [3.63, 3.8) is 0 Å². The minimum absolute atomic E-state index is 0.0582. The third-order valence-corrected chi connectivity index (χ3v) is 7.22. The van der Waals surface area contributed by atoms with Crippen LogP contribution in [0.15, 0.2) is 59.1 Å². The fourth-order valence-electron chi connectivity index (χ4n) is 3.36. The Balaban J connectivity index is 1.53. The standard InChI is InChI=1S/C23H22ClN5OS2/c1-4-16-9-5-8-12-20(16)29(15(2)30)22-25-17(13-31-22)14-32-23-27-26-21(28(23)3)18-10-6-7-11-19(18)24/h5-13H,4,14H2,1-3H3. The van der Waals surface area contributed by atoms with Crippen LogP contribution >= 0.6 is 34.7 Å². The number of hydrogen-bond acceptors (Lipinski definition) is 6. The Labute approximate surface area is 200 Å². The van der Waals surface area contributed by atoms with Gasteiger partial charge in [-0.3, -0.25) is 9.69 Å². The van der Waals surface area contributed by atoms with Gasteiger partial charge in [0.05, 0.1) is 16.4 Å². The van der Waals surface area contributed by atoms with Crippen molar-refractivity contribution >= 4 is 51.4 Å². The van der Waals surface area contributed by atoms with Gasteiger partial charge in [0, 0.05) is 30.7 Å². The predicted octanol–water partition coefficient (Wildman–Crippen LogP) is 6.13. The van der Waals surface area contributed by atoms with E-state index in [-0.39, 0.29) is 5.91 Å². The SMILES string of the molecule is CCc1ccccc1N(C(C)=O)c1nc(CSc2nnc(-c3ccccc3Cl)n2C)cs1. The monoisotopic (exact) mass is 483 g/mol. The third-order valence-electron chi connectivity index (χ3n) is 4.96. The van der Waals surface area contributed by atoms with Crippen LogP contribution in [0.1, 0.15) is 25.1 Å². The molecule has 4 rings (SSSR count). The van der Waals surface area contributed by atoms with Crippen LogP contribution in [0.4, 0.5) is 10.8 Å². The molecule has 0 fully saturated rings. The maximum atomic E-state index is 12.5. The Morgan fingerprint density at radius 1 is 1.16 bits per heavy atom. The van der Waals surface area contributed by atoms with Gasteiger partial charge in [0.1, 0.15) is 0 Å². The molecule has 6 nitrogen and oxygen atoms in total. The lowest BCUT2D eigenvalue weighted by Gasteiger charge is -2.20. The summed E-state index contributed by atoms with van der Waals surface area (Å²) in [4.78, 5) is 18.9. The highest BCUT2D eigenvalue weighted by molar-refractivity contribution is 7.98. The van der Waals surface area contributed by atoms with E-state index in [2.05, 4.69) is 17.1 Å². The Kier molecular flexibility index (Phi) is 6.93. The van der Waals surface area contributed by atoms with E-state index in [9.17, 15) is 4.79 Å². The zero-order chi connectivity index (χ0) is 22.7. The number of aryl methyl sites for hydroxylation is 1. The molecule has 0 saturated carbocycles. The lowest BCUT2D eigenvalue weighted by Crippen LogP contribution is -2.23. The normalized spacial score (nSPS) is 11.0. The van der Waals surface area contributed by atoms with Crippen molar-refractivity contribution in [3.8, 4) is 11.4 Å². The van der Waals surface area contributed by atoms with E-state index >= 15 is 0 Å². The predicted molar refractivity (Wildman–Crippen MR) is 132 cm³/mol. The van der Waals surface area contributed by atoms with Gasteiger partial charge in [0.2, 0.25) is 5.91 Å². The molecule has 0 saturated heterocycles. The summed E-state index contributed by atoms with van der Waals surface area (Å²) < 4.78 is 1.93. The summed E-state index contributed by atoms with van der Waals surface area (Å²) in [7, 11) is 1.92. The van der Waals surface area contributed by atoms with Gasteiger partial charge in [-0.15, -0.1) is 21.5 Å². The van der Waals surface area contributed by atoms with Crippen LogP contribution in [0.2, 0.25) is 5.02 Å². The average molecular weight is 484 g/mol. The first kappa shape index (κ1) is 22.5. The molecule has 0 aliphatic rings. The van der Waals surface area contributed by atoms with Gasteiger partial charge in [-0.2, -0.15) is 0 Å². The molecule has 0 spiro atoms. The summed E-state index contributed by atoms with van der Waals surface area (Å²) in [6.45, 7) is 3.65. The average Bonchev–Trinajstić information content (AvgIpc) is 3.39. The van der Waals surface area contributed by atoms with E-state index in [1.54, 1.807) is 23.6 Å². The van der Waals surface area contributed by atoms with Gasteiger partial charge < -0.3 is 4.57 Å². The number of aromatic nitrogens is 4. The second kappa shape index (κ2) is 9.85. The largest absolute Gasteiger partial charge is 0.305 e. The minimum atomic E-state index is -0.0582. The molecule has 164 valence electrons. The molecule has 0 N–H and O–H groups in total. The zero-order valence-corrected chi connectivity index (χ0v) is 20.3. The van der Waals surface area contributed by atoms with Crippen LogP contribution in [-0.2, 0) is 24.0 Å². The molecule has 0 unspecified atom stereocenters. The number of amides is 1. The number of halogens is 1. The topological polar surface area (TPSA) is 63.9 Å². The van der Waals surface area contributed by atoms with Crippen molar-refractivity contribution in [2.45, 2.75) is 31.2 Å². The fraction of sp³-hybridized carbons (Fsp3) is 0.217. The lowest BCUT2D eigenvalue weighted by atomic mass is 10.1. The molecule has 2 aromatic heterocycles. The fourth-order valence-corrected chi connectivity index (χ4v) is 5.37. The highest BCUT2D eigenvalue weighted by atomic mass is 35.5. The summed E-state index contributed by atoms with van der Waals surface area (Å²) in [5.41, 5.74) is 3.73. The van der Waals surface area contributed by atoms with Crippen LogP contribution in [-0.4, -0.2) is 25.7 Å². The number of rotatable bonds is 7. The second-order valence-electron chi connectivity index (χ2n) is 7.09. The van der Waals surface area contributed by atoms with Crippen LogP contribution in [0.3, 0.4) is 0 Å². The Hall–Kier alpha value is -2.68. The van der Waals surface area contributed by atoms with E-state index in [1.165, 1.54) is 11.3 Å². The van der Waals surface area contributed by atoms with Gasteiger partial charge in [-0.05, 0) is 30.2 Å². The molecule has 0 atom stereocenters. The summed E-state index contributed by atoms with van der Waals surface area (Å²) in [6.07, 6.45) is 0.841. The Bertz CT molecular complexity index is 1250. The lowest BCUT2D eigenvalue weighted by molar-refractivity contribution is -0.115. The number of nitrogens with zero attached hydrogens (tertiary/aromatic N) is 5. The van der Waals surface area contributed by atoms with E-state index in [0.29, 0.717) is 15.9 Å². The molecule has 0 radical (unpaired) electrons. The number of thiazole rings is 1. The Morgan fingerprint density at radius 3 is 2.66 bits per heavy atom. The summed E-state index contributed by atoms with van der Waals surface area (Å²) >= 11 is 9.32. The van der Waals surface area contributed by atoms with E-state index < -0.39 is 0 Å². The summed E-state index contributed by atoms with van der Waals surface area (Å²) in [5.74, 6) is 1.28. The van der Waals surface area contributed by atoms with E-state index in [1.807, 2.05) is 65.5 Å². The van der Waals surface area contributed by atoms with E-state index in [0.717, 1.165) is 39.9 Å². The van der Waals surface area contributed by atoms with Crippen molar-refractivity contribution in [2.24, 2.45) is 7.05 Å². The Morgan fingerprint density at radius 2 is 1.91 bits per heavy atom. The van der Waals surface area contributed by atoms with Gasteiger partial charge in [-0.25, -0.2) is 4.98 Å². The molecule has 32 heavy (non-hydrogen) atoms. The molecule has 2 aromatic carbocycles. The number of carbonyl (C=O) groups excluding carboxylic acids is 1. The van der Waals surface area contributed by atoms with E-state index in [4.69, 9.17) is 16.6 Å². The third kappa shape index (κ3) is 4.57. The van der Waals surface area contributed by atoms with Gasteiger partial charge in [0.25, 0.3) is 0 Å². The van der Waals surface area contributed by atoms with Crippen molar-refractivity contribution in [1.82, 2.24) is 19.7 Å². The first-order valence-electron chi connectivity index (χ1n) is 10.1. The quantitative estimate of drug-likeness (QED) is 0.296. The second-order valence-corrected chi connectivity index (χ2v) is 9.28. The molecule has 2 heterocycles. The van der Waals surface area contributed by atoms with Gasteiger partial charge in [0.15, 0.2) is 16.1 Å². The first-order chi connectivity index (χ1) is 15.5. The maximum absolute atomic E-state index is 12.5. The summed E-state index contributed by atoms with van der Waals surface area (Å²) in [6, 6.07) is 15.5. The molecule has 4 aromatic rings. The van der Waals surface area contributed by atoms with Crippen LogP contribution in [0.25, 0.3) is 11.4 Å². The molecule has 0 aliphatic carbocycles. The number of anilines is 2. The molecule has 1 amide bonds. The molecular weight excluding hydrogens is 462 g/mol. The number of carbonyl (C=O) groups is 1. The van der Waals surface area contributed by atoms with Crippen molar-refractivity contribution in [2.75, 3.05) is 4.90 Å². The molecule has 0 bridgehead atoms. The zero-order valence-electron chi connectivity index (χ0n) is 17.9. The van der Waals surface area contributed by atoms with Gasteiger partial charge in [-0.1, -0.05) is 60.6 Å². The van der Waals surface area contributed by atoms with Gasteiger partial charge >= 0.3 is 0 Å².